The summed E-state index contributed by atoms with van der Waals surface area (Å²) in [4.78, 5) is 24.2. The van der Waals surface area contributed by atoms with Crippen molar-refractivity contribution in [1.29, 1.82) is 0 Å². The van der Waals surface area contributed by atoms with Crippen molar-refractivity contribution in [2.75, 3.05) is 12.4 Å². The van der Waals surface area contributed by atoms with Crippen LogP contribution in [0.15, 0.2) is 11.0 Å². The van der Waals surface area contributed by atoms with Crippen LogP contribution in [0, 0.1) is 11.8 Å². The van der Waals surface area contributed by atoms with E-state index in [1.54, 1.807) is 0 Å². The van der Waals surface area contributed by atoms with Gasteiger partial charge in [0, 0.05) is 6.54 Å². The summed E-state index contributed by atoms with van der Waals surface area (Å²) in [6, 6.07) is -0.628. The van der Waals surface area contributed by atoms with Gasteiger partial charge in [0.15, 0.2) is 0 Å². The van der Waals surface area contributed by atoms with E-state index in [2.05, 4.69) is 10.4 Å². The van der Waals surface area contributed by atoms with Crippen molar-refractivity contribution in [3.8, 4) is 0 Å². The van der Waals surface area contributed by atoms with Crippen molar-refractivity contribution >= 4 is 23.3 Å². The summed E-state index contributed by atoms with van der Waals surface area (Å²) in [5, 5.41) is 7.18. The third-order valence-corrected chi connectivity index (χ3v) is 3.83. The van der Waals surface area contributed by atoms with E-state index >= 15 is 0 Å². The van der Waals surface area contributed by atoms with E-state index in [1.807, 2.05) is 13.8 Å². The molecule has 1 aromatic heterocycles. The fourth-order valence-corrected chi connectivity index (χ4v) is 2.23. The van der Waals surface area contributed by atoms with Crippen molar-refractivity contribution in [2.24, 2.45) is 11.8 Å². The topological polar surface area (TPSA) is 73.2 Å². The summed E-state index contributed by atoms with van der Waals surface area (Å²) in [6.45, 7) is 4.33. The van der Waals surface area contributed by atoms with Crippen LogP contribution in [-0.4, -0.2) is 28.9 Å². The highest BCUT2D eigenvalue weighted by molar-refractivity contribution is 6.33. The Bertz CT molecular complexity index is 581. The lowest BCUT2D eigenvalue weighted by Crippen LogP contribution is -2.38. The number of hydrogen-bond acceptors (Lipinski definition) is 5. The number of rotatable bonds is 6. The molecule has 1 unspecified atom stereocenters. The zero-order chi connectivity index (χ0) is 15.6. The van der Waals surface area contributed by atoms with Crippen LogP contribution in [0.2, 0.25) is 5.02 Å². The minimum atomic E-state index is -0.628. The van der Waals surface area contributed by atoms with Gasteiger partial charge in [-0.15, -0.1) is 0 Å². The molecule has 0 amide bonds. The molecule has 1 atom stereocenters. The molecule has 1 N–H and O–H groups in total. The number of carbonyl (C=O) groups is 1. The second-order valence-electron chi connectivity index (χ2n) is 5.69. The Morgan fingerprint density at radius 3 is 2.76 bits per heavy atom. The average molecular weight is 314 g/mol. The van der Waals surface area contributed by atoms with E-state index in [0.29, 0.717) is 12.5 Å². The normalized spacial score (nSPS) is 15.9. The summed E-state index contributed by atoms with van der Waals surface area (Å²) in [5.74, 6) is 0.0507. The number of anilines is 1. The van der Waals surface area contributed by atoms with Crippen LogP contribution >= 0.6 is 11.6 Å². The van der Waals surface area contributed by atoms with E-state index in [4.69, 9.17) is 16.3 Å². The predicted molar refractivity (Wildman–Crippen MR) is 80.5 cm³/mol. The molecule has 0 aliphatic heterocycles. The van der Waals surface area contributed by atoms with E-state index in [9.17, 15) is 9.59 Å². The quantitative estimate of drug-likeness (QED) is 0.812. The van der Waals surface area contributed by atoms with Gasteiger partial charge >= 0.3 is 5.97 Å². The molecule has 1 aliphatic rings. The molecule has 1 heterocycles. The Hall–Kier alpha value is -1.56. The lowest BCUT2D eigenvalue weighted by atomic mass is 10.0. The number of esters is 1. The maximum absolute atomic E-state index is 12.4. The molecule has 0 radical (unpaired) electrons. The van der Waals surface area contributed by atoms with Gasteiger partial charge in [0.05, 0.1) is 18.3 Å². The molecule has 0 aromatic carbocycles. The molecule has 1 fully saturated rings. The lowest BCUT2D eigenvalue weighted by Gasteiger charge is -2.21. The highest BCUT2D eigenvalue weighted by Crippen LogP contribution is 2.30. The fourth-order valence-electron chi connectivity index (χ4n) is 2.05. The van der Waals surface area contributed by atoms with E-state index in [1.165, 1.54) is 18.0 Å². The standard InChI is InChI=1S/C14H20ClN3O3/c1-8(2)11(14(20)21-3)17-12-10(15)6-16-18(13(12)19)7-9-4-5-9/h6,8-9,11,17H,4-5,7H2,1-3H3. The smallest absolute Gasteiger partial charge is 0.328 e. The number of methoxy groups -OCH3 is 1. The van der Waals surface area contributed by atoms with E-state index in [0.717, 1.165) is 12.8 Å². The highest BCUT2D eigenvalue weighted by Gasteiger charge is 2.27. The maximum atomic E-state index is 12.4. The molecule has 21 heavy (non-hydrogen) atoms. The average Bonchev–Trinajstić information content (AvgIpc) is 3.25. The summed E-state index contributed by atoms with van der Waals surface area (Å²) >= 11 is 6.06. The van der Waals surface area contributed by atoms with Gasteiger partial charge in [0.1, 0.15) is 11.7 Å². The SMILES string of the molecule is COC(=O)C(Nc1c(Cl)cnn(CC2CC2)c1=O)C(C)C. The van der Waals surface area contributed by atoms with Gasteiger partial charge in [0.2, 0.25) is 0 Å². The summed E-state index contributed by atoms with van der Waals surface area (Å²) in [7, 11) is 1.32. The summed E-state index contributed by atoms with van der Waals surface area (Å²) < 4.78 is 6.16. The van der Waals surface area contributed by atoms with Gasteiger partial charge < -0.3 is 10.1 Å². The van der Waals surface area contributed by atoms with Crippen molar-refractivity contribution in [2.45, 2.75) is 39.3 Å². The van der Waals surface area contributed by atoms with Crippen LogP contribution in [0.25, 0.3) is 0 Å². The van der Waals surface area contributed by atoms with Gasteiger partial charge in [-0.3, -0.25) is 4.79 Å². The highest BCUT2D eigenvalue weighted by atomic mass is 35.5. The van der Waals surface area contributed by atoms with E-state index in [-0.39, 0.29) is 22.2 Å². The first kappa shape index (κ1) is 15.8. The molecular weight excluding hydrogens is 294 g/mol. The number of carbonyl (C=O) groups excluding carboxylic acids is 1. The van der Waals surface area contributed by atoms with Crippen molar-refractivity contribution in [1.82, 2.24) is 9.78 Å². The van der Waals surface area contributed by atoms with Gasteiger partial charge in [-0.1, -0.05) is 25.4 Å². The van der Waals surface area contributed by atoms with Crippen LogP contribution in [0.3, 0.4) is 0 Å². The predicted octanol–water partition coefficient (Wildman–Crippen LogP) is 1.92. The molecule has 1 aromatic rings. The first-order valence-electron chi connectivity index (χ1n) is 7.04. The summed E-state index contributed by atoms with van der Waals surface area (Å²) in [5.41, 5.74) is -0.0969. The molecule has 2 rings (SSSR count). The lowest BCUT2D eigenvalue weighted by molar-refractivity contribution is -0.142. The zero-order valence-corrected chi connectivity index (χ0v) is 13.2. The van der Waals surface area contributed by atoms with Gasteiger partial charge in [-0.25, -0.2) is 9.48 Å². The number of ether oxygens (including phenoxy) is 1. The third-order valence-electron chi connectivity index (χ3n) is 3.55. The van der Waals surface area contributed by atoms with Crippen LogP contribution in [0.1, 0.15) is 26.7 Å². The number of halogens is 1. The minimum Gasteiger partial charge on any atom is -0.467 e. The number of nitrogens with one attached hydrogen (secondary N) is 1. The Morgan fingerprint density at radius 1 is 1.57 bits per heavy atom. The Kier molecular flexibility index (Phi) is 4.88. The Morgan fingerprint density at radius 2 is 2.24 bits per heavy atom. The van der Waals surface area contributed by atoms with Crippen LogP contribution in [0.4, 0.5) is 5.69 Å². The van der Waals surface area contributed by atoms with Gasteiger partial charge in [-0.2, -0.15) is 5.10 Å². The molecule has 0 spiro atoms. The molecule has 6 nitrogen and oxygen atoms in total. The first-order valence-corrected chi connectivity index (χ1v) is 7.41. The molecule has 1 saturated carbocycles. The van der Waals surface area contributed by atoms with Gasteiger partial charge in [-0.05, 0) is 24.7 Å². The van der Waals surface area contributed by atoms with Crippen molar-refractivity contribution in [3.63, 3.8) is 0 Å². The molecule has 116 valence electrons. The van der Waals surface area contributed by atoms with Crippen LogP contribution in [0.5, 0.6) is 0 Å². The largest absolute Gasteiger partial charge is 0.467 e. The monoisotopic (exact) mass is 313 g/mol. The second-order valence-corrected chi connectivity index (χ2v) is 6.09. The molecule has 0 bridgehead atoms. The molecule has 1 aliphatic carbocycles. The Balaban J connectivity index is 2.28. The Labute approximate surface area is 128 Å². The number of hydrogen-bond donors (Lipinski definition) is 1. The molecule has 0 saturated heterocycles. The fraction of sp³-hybridized carbons (Fsp3) is 0.643. The maximum Gasteiger partial charge on any atom is 0.328 e. The molecular formula is C14H20ClN3O3. The van der Waals surface area contributed by atoms with Crippen LogP contribution in [-0.2, 0) is 16.1 Å². The zero-order valence-electron chi connectivity index (χ0n) is 12.4. The van der Waals surface area contributed by atoms with Crippen molar-refractivity contribution < 1.29 is 9.53 Å². The minimum absolute atomic E-state index is 0.0436. The van der Waals surface area contributed by atoms with Gasteiger partial charge in [0.25, 0.3) is 5.56 Å². The third kappa shape index (κ3) is 3.75. The van der Waals surface area contributed by atoms with Crippen LogP contribution < -0.4 is 10.9 Å². The number of nitrogens with zero attached hydrogens (tertiary/aromatic N) is 2. The second kappa shape index (κ2) is 6.47. The number of aromatic nitrogens is 2. The molecule has 7 heteroatoms. The van der Waals surface area contributed by atoms with E-state index < -0.39 is 12.0 Å². The first-order chi connectivity index (χ1) is 9.93. The van der Waals surface area contributed by atoms with Crippen molar-refractivity contribution in [3.05, 3.63) is 21.6 Å². The summed E-state index contributed by atoms with van der Waals surface area (Å²) in [6.07, 6.45) is 3.68.